The van der Waals surface area contributed by atoms with Crippen LogP contribution in [0.2, 0.25) is 0 Å². The Hall–Kier alpha value is -2.43. The smallest absolute Gasteiger partial charge is 0.272 e. The predicted molar refractivity (Wildman–Crippen MR) is 85.6 cm³/mol. The summed E-state index contributed by atoms with van der Waals surface area (Å²) in [5, 5.41) is 3.29. The van der Waals surface area contributed by atoms with E-state index in [4.69, 9.17) is 0 Å². The highest BCUT2D eigenvalue weighted by Crippen LogP contribution is 2.15. The molecule has 5 nitrogen and oxygen atoms in total. The summed E-state index contributed by atoms with van der Waals surface area (Å²) < 4.78 is 0. The third-order valence-corrected chi connectivity index (χ3v) is 3.82. The van der Waals surface area contributed by atoms with E-state index in [1.807, 2.05) is 35.2 Å². The number of carbonyl (C=O) groups excluding carboxylic acids is 1. The summed E-state index contributed by atoms with van der Waals surface area (Å²) in [6, 6.07) is 9.51. The molecule has 1 saturated heterocycles. The Bertz CT molecular complexity index is 624. The highest BCUT2D eigenvalue weighted by atomic mass is 16.2. The number of piperidine rings is 1. The van der Waals surface area contributed by atoms with Crippen molar-refractivity contribution in [3.63, 3.8) is 0 Å². The van der Waals surface area contributed by atoms with Crippen LogP contribution in [0.25, 0.3) is 0 Å². The minimum atomic E-state index is 0.0289. The zero-order valence-electron chi connectivity index (χ0n) is 12.5. The number of nitrogens with one attached hydrogen (secondary N) is 1. The number of rotatable bonds is 4. The Morgan fingerprint density at radius 3 is 2.73 bits per heavy atom. The van der Waals surface area contributed by atoms with Gasteiger partial charge in [0.25, 0.3) is 5.91 Å². The van der Waals surface area contributed by atoms with Gasteiger partial charge in [-0.2, -0.15) is 0 Å². The number of anilines is 1. The maximum atomic E-state index is 12.4. The first kappa shape index (κ1) is 14.5. The van der Waals surface area contributed by atoms with Crippen LogP contribution in [0, 0.1) is 0 Å². The van der Waals surface area contributed by atoms with Gasteiger partial charge in [0.2, 0.25) is 0 Å². The molecule has 0 atom stereocenters. The number of hydrogen-bond donors (Lipinski definition) is 1. The number of carbonyl (C=O) groups is 1. The van der Waals surface area contributed by atoms with Crippen molar-refractivity contribution in [1.82, 2.24) is 14.9 Å². The van der Waals surface area contributed by atoms with Gasteiger partial charge in [0.05, 0.1) is 12.2 Å². The molecule has 0 radical (unpaired) electrons. The summed E-state index contributed by atoms with van der Waals surface area (Å²) in [4.78, 5) is 22.8. The maximum Gasteiger partial charge on any atom is 0.272 e. The van der Waals surface area contributed by atoms with Crippen LogP contribution in [-0.2, 0) is 6.54 Å². The van der Waals surface area contributed by atoms with Gasteiger partial charge in [-0.25, -0.2) is 0 Å². The Balaban J connectivity index is 1.65. The lowest BCUT2D eigenvalue weighted by Crippen LogP contribution is -2.36. The van der Waals surface area contributed by atoms with Crippen LogP contribution >= 0.6 is 0 Å². The minimum absolute atomic E-state index is 0.0289. The standard InChI is InChI=1S/C17H20N4O/c22-17(21-10-4-1-5-11-21)16-12-14(7-9-19-16)20-13-15-6-2-3-8-18-15/h2-3,6-9,12H,1,4-5,10-11,13H2,(H,19,20). The number of aromatic nitrogens is 2. The van der Waals surface area contributed by atoms with Crippen LogP contribution in [0.1, 0.15) is 35.4 Å². The highest BCUT2D eigenvalue weighted by Gasteiger charge is 2.19. The van der Waals surface area contributed by atoms with Crippen molar-refractivity contribution in [3.8, 4) is 0 Å². The predicted octanol–water partition coefficient (Wildman–Crippen LogP) is 2.71. The fourth-order valence-electron chi connectivity index (χ4n) is 2.61. The molecule has 3 heterocycles. The van der Waals surface area contributed by atoms with Crippen LogP contribution in [0.5, 0.6) is 0 Å². The van der Waals surface area contributed by atoms with Crippen molar-refractivity contribution in [2.24, 2.45) is 0 Å². The van der Waals surface area contributed by atoms with Crippen LogP contribution in [-0.4, -0.2) is 33.9 Å². The molecule has 1 amide bonds. The molecule has 0 unspecified atom stereocenters. The second kappa shape index (κ2) is 7.02. The van der Waals surface area contributed by atoms with Gasteiger partial charge in [-0.3, -0.25) is 14.8 Å². The van der Waals surface area contributed by atoms with Crippen molar-refractivity contribution >= 4 is 11.6 Å². The summed E-state index contributed by atoms with van der Waals surface area (Å²) >= 11 is 0. The average Bonchev–Trinajstić information content (AvgIpc) is 2.61. The highest BCUT2D eigenvalue weighted by molar-refractivity contribution is 5.93. The third-order valence-electron chi connectivity index (χ3n) is 3.82. The molecule has 0 aromatic carbocycles. The Kier molecular flexibility index (Phi) is 4.63. The van der Waals surface area contributed by atoms with E-state index in [1.54, 1.807) is 12.4 Å². The normalized spacial score (nSPS) is 14.6. The van der Waals surface area contributed by atoms with Gasteiger partial charge in [0.15, 0.2) is 0 Å². The third kappa shape index (κ3) is 3.61. The molecular formula is C17H20N4O. The summed E-state index contributed by atoms with van der Waals surface area (Å²) in [6.07, 6.45) is 6.84. The van der Waals surface area contributed by atoms with E-state index < -0.39 is 0 Å². The van der Waals surface area contributed by atoms with E-state index in [0.29, 0.717) is 12.2 Å². The second-order valence-corrected chi connectivity index (χ2v) is 5.46. The lowest BCUT2D eigenvalue weighted by molar-refractivity contribution is 0.0718. The molecule has 1 fully saturated rings. The molecule has 1 aliphatic heterocycles. The van der Waals surface area contributed by atoms with Gasteiger partial charge >= 0.3 is 0 Å². The zero-order valence-corrected chi connectivity index (χ0v) is 12.5. The summed E-state index contributed by atoms with van der Waals surface area (Å²) in [5.41, 5.74) is 2.36. The molecule has 22 heavy (non-hydrogen) atoms. The molecule has 114 valence electrons. The molecule has 5 heteroatoms. The molecule has 1 N–H and O–H groups in total. The van der Waals surface area contributed by atoms with Gasteiger partial charge in [0, 0.05) is 31.2 Å². The number of nitrogens with zero attached hydrogens (tertiary/aromatic N) is 3. The van der Waals surface area contributed by atoms with Gasteiger partial charge in [-0.05, 0) is 43.5 Å². The fraction of sp³-hybridized carbons (Fsp3) is 0.353. The Morgan fingerprint density at radius 1 is 1.09 bits per heavy atom. The lowest BCUT2D eigenvalue weighted by atomic mass is 10.1. The Morgan fingerprint density at radius 2 is 1.95 bits per heavy atom. The molecule has 2 aromatic heterocycles. The van der Waals surface area contributed by atoms with Gasteiger partial charge in [0.1, 0.15) is 5.69 Å². The van der Waals surface area contributed by atoms with E-state index in [-0.39, 0.29) is 5.91 Å². The lowest BCUT2D eigenvalue weighted by Gasteiger charge is -2.26. The molecule has 0 aliphatic carbocycles. The zero-order chi connectivity index (χ0) is 15.2. The largest absolute Gasteiger partial charge is 0.379 e. The van der Waals surface area contributed by atoms with E-state index in [9.17, 15) is 4.79 Å². The van der Waals surface area contributed by atoms with E-state index in [2.05, 4.69) is 15.3 Å². The van der Waals surface area contributed by atoms with Gasteiger partial charge in [-0.15, -0.1) is 0 Å². The molecule has 0 bridgehead atoms. The van der Waals surface area contributed by atoms with Crippen molar-refractivity contribution in [3.05, 3.63) is 54.1 Å². The van der Waals surface area contributed by atoms with Crippen LogP contribution in [0.3, 0.4) is 0 Å². The monoisotopic (exact) mass is 296 g/mol. The van der Waals surface area contributed by atoms with Crippen molar-refractivity contribution in [1.29, 1.82) is 0 Å². The van der Waals surface area contributed by atoms with Crippen LogP contribution in [0.15, 0.2) is 42.7 Å². The molecule has 2 aromatic rings. The number of likely N-dealkylation sites (tertiary alicyclic amines) is 1. The van der Waals surface area contributed by atoms with E-state index in [0.717, 1.165) is 37.3 Å². The molecule has 1 aliphatic rings. The quantitative estimate of drug-likeness (QED) is 0.942. The minimum Gasteiger partial charge on any atom is -0.379 e. The molecule has 0 saturated carbocycles. The summed E-state index contributed by atoms with van der Waals surface area (Å²) in [7, 11) is 0. The maximum absolute atomic E-state index is 12.4. The van der Waals surface area contributed by atoms with Gasteiger partial charge in [-0.1, -0.05) is 6.07 Å². The molecule has 0 spiro atoms. The number of hydrogen-bond acceptors (Lipinski definition) is 4. The summed E-state index contributed by atoms with van der Waals surface area (Å²) in [5.74, 6) is 0.0289. The fourth-order valence-corrected chi connectivity index (χ4v) is 2.61. The first-order valence-corrected chi connectivity index (χ1v) is 7.72. The molecule has 3 rings (SSSR count). The molecular weight excluding hydrogens is 276 g/mol. The first-order valence-electron chi connectivity index (χ1n) is 7.72. The van der Waals surface area contributed by atoms with Crippen LogP contribution in [0.4, 0.5) is 5.69 Å². The van der Waals surface area contributed by atoms with Crippen molar-refractivity contribution in [2.45, 2.75) is 25.8 Å². The van der Waals surface area contributed by atoms with Crippen molar-refractivity contribution < 1.29 is 4.79 Å². The van der Waals surface area contributed by atoms with Gasteiger partial charge < -0.3 is 10.2 Å². The Labute approximate surface area is 130 Å². The number of pyridine rings is 2. The first-order chi connectivity index (χ1) is 10.8. The summed E-state index contributed by atoms with van der Waals surface area (Å²) in [6.45, 7) is 2.31. The second-order valence-electron chi connectivity index (χ2n) is 5.46. The van der Waals surface area contributed by atoms with Crippen LogP contribution < -0.4 is 5.32 Å². The SMILES string of the molecule is O=C(c1cc(NCc2ccccn2)ccn1)N1CCCCC1. The average molecular weight is 296 g/mol. The van der Waals surface area contributed by atoms with E-state index >= 15 is 0 Å². The number of amides is 1. The van der Waals surface area contributed by atoms with E-state index in [1.165, 1.54) is 6.42 Å². The topological polar surface area (TPSA) is 58.1 Å². The van der Waals surface area contributed by atoms with Crippen molar-refractivity contribution in [2.75, 3.05) is 18.4 Å².